The summed E-state index contributed by atoms with van der Waals surface area (Å²) in [6.45, 7) is 5.59. The van der Waals surface area contributed by atoms with E-state index in [9.17, 15) is 9.90 Å². The zero-order chi connectivity index (χ0) is 17.9. The fourth-order valence-corrected chi connectivity index (χ4v) is 2.86. The molecule has 1 fully saturated rings. The average Bonchev–Trinajstić information content (AvgIpc) is 3.22. The molecule has 0 aromatic carbocycles. The Morgan fingerprint density at radius 1 is 1.44 bits per heavy atom. The van der Waals surface area contributed by atoms with Crippen LogP contribution in [0.4, 0.5) is 0 Å². The first kappa shape index (κ1) is 17.3. The van der Waals surface area contributed by atoms with Gasteiger partial charge in [0.25, 0.3) is 5.91 Å². The van der Waals surface area contributed by atoms with Crippen LogP contribution in [0.2, 0.25) is 0 Å². The Balaban J connectivity index is 1.70. The molecule has 1 aliphatic heterocycles. The van der Waals surface area contributed by atoms with E-state index in [1.165, 1.54) is 0 Å². The first-order valence-electron chi connectivity index (χ1n) is 8.40. The molecule has 2 aromatic heterocycles. The van der Waals surface area contributed by atoms with Crippen LogP contribution in [0, 0.1) is 5.92 Å². The molecule has 134 valence electrons. The minimum Gasteiger partial charge on any atom is -0.477 e. The second-order valence-corrected chi connectivity index (χ2v) is 6.86. The van der Waals surface area contributed by atoms with Gasteiger partial charge < -0.3 is 14.7 Å². The molecule has 2 aromatic rings. The highest BCUT2D eigenvalue weighted by atomic mass is 16.5. The zero-order valence-electron chi connectivity index (χ0n) is 14.5. The zero-order valence-corrected chi connectivity index (χ0v) is 14.5. The quantitative estimate of drug-likeness (QED) is 0.839. The van der Waals surface area contributed by atoms with Gasteiger partial charge in [-0.1, -0.05) is 19.1 Å². The van der Waals surface area contributed by atoms with Crippen LogP contribution >= 0.6 is 0 Å². The van der Waals surface area contributed by atoms with Gasteiger partial charge in [-0.25, -0.2) is 9.67 Å². The van der Waals surface area contributed by atoms with Crippen molar-refractivity contribution in [2.75, 3.05) is 19.7 Å². The van der Waals surface area contributed by atoms with E-state index >= 15 is 0 Å². The van der Waals surface area contributed by atoms with Gasteiger partial charge in [-0.15, -0.1) is 5.10 Å². The Kier molecular flexibility index (Phi) is 4.98. The standard InChI is InChI=1S/C17H23N5O3/c1-13(2)10-25-15-14(4-3-6-18-15)16(23)21-8-5-17(24,11-21)12-22-9-7-19-20-22/h3-4,6-7,9,13,24H,5,8,10-12H2,1-2H3. The van der Waals surface area contributed by atoms with Crippen LogP contribution < -0.4 is 4.74 Å². The number of amides is 1. The lowest BCUT2D eigenvalue weighted by atomic mass is 10.0. The van der Waals surface area contributed by atoms with Crippen LogP contribution in [0.15, 0.2) is 30.7 Å². The summed E-state index contributed by atoms with van der Waals surface area (Å²) in [5.41, 5.74) is -0.585. The molecule has 8 heteroatoms. The second-order valence-electron chi connectivity index (χ2n) is 6.86. The maximum Gasteiger partial charge on any atom is 0.259 e. The number of carbonyl (C=O) groups is 1. The normalized spacial score (nSPS) is 20.2. The third-order valence-corrected chi connectivity index (χ3v) is 4.10. The number of ether oxygens (including phenoxy) is 1. The molecule has 1 saturated heterocycles. The molecule has 0 saturated carbocycles. The fraction of sp³-hybridized carbons (Fsp3) is 0.529. The van der Waals surface area contributed by atoms with E-state index in [4.69, 9.17) is 4.74 Å². The maximum atomic E-state index is 12.9. The summed E-state index contributed by atoms with van der Waals surface area (Å²) < 4.78 is 7.25. The molecular weight excluding hydrogens is 322 g/mol. The van der Waals surface area contributed by atoms with Crippen molar-refractivity contribution in [3.8, 4) is 5.88 Å². The van der Waals surface area contributed by atoms with Crippen molar-refractivity contribution < 1.29 is 14.6 Å². The first-order chi connectivity index (χ1) is 12.0. The van der Waals surface area contributed by atoms with Gasteiger partial charge in [-0.2, -0.15) is 0 Å². The highest BCUT2D eigenvalue weighted by Gasteiger charge is 2.39. The lowest BCUT2D eigenvalue weighted by molar-refractivity contribution is 0.0266. The Morgan fingerprint density at radius 3 is 3.00 bits per heavy atom. The molecule has 3 rings (SSSR count). The molecule has 0 bridgehead atoms. The van der Waals surface area contributed by atoms with E-state index in [0.717, 1.165) is 0 Å². The van der Waals surface area contributed by atoms with E-state index in [1.54, 1.807) is 40.3 Å². The lowest BCUT2D eigenvalue weighted by Gasteiger charge is -2.23. The monoisotopic (exact) mass is 345 g/mol. The summed E-state index contributed by atoms with van der Waals surface area (Å²) in [6, 6.07) is 3.42. The Labute approximate surface area is 146 Å². The molecule has 1 aliphatic rings. The molecule has 8 nitrogen and oxygen atoms in total. The van der Waals surface area contributed by atoms with Gasteiger partial charge in [0, 0.05) is 18.9 Å². The van der Waals surface area contributed by atoms with E-state index in [1.807, 2.05) is 13.8 Å². The van der Waals surface area contributed by atoms with Crippen molar-refractivity contribution in [3.63, 3.8) is 0 Å². The van der Waals surface area contributed by atoms with Crippen LogP contribution in [0.3, 0.4) is 0 Å². The van der Waals surface area contributed by atoms with Gasteiger partial charge in [0.05, 0.1) is 25.9 Å². The summed E-state index contributed by atoms with van der Waals surface area (Å²) in [7, 11) is 0. The third-order valence-electron chi connectivity index (χ3n) is 4.10. The predicted molar refractivity (Wildman–Crippen MR) is 90.1 cm³/mol. The van der Waals surface area contributed by atoms with Crippen molar-refractivity contribution >= 4 is 5.91 Å². The summed E-state index contributed by atoms with van der Waals surface area (Å²) >= 11 is 0. The molecule has 0 aliphatic carbocycles. The predicted octanol–water partition coefficient (Wildman–Crippen LogP) is 0.985. The summed E-state index contributed by atoms with van der Waals surface area (Å²) in [4.78, 5) is 18.7. The summed E-state index contributed by atoms with van der Waals surface area (Å²) in [5.74, 6) is 0.499. The lowest BCUT2D eigenvalue weighted by Crippen LogP contribution is -2.39. The summed E-state index contributed by atoms with van der Waals surface area (Å²) in [5, 5.41) is 18.4. The van der Waals surface area contributed by atoms with Crippen LogP contribution in [-0.4, -0.2) is 61.2 Å². The van der Waals surface area contributed by atoms with Crippen LogP contribution in [0.25, 0.3) is 0 Å². The molecule has 1 unspecified atom stereocenters. The molecule has 1 amide bonds. The summed E-state index contributed by atoms with van der Waals surface area (Å²) in [6.07, 6.45) is 5.36. The molecule has 3 heterocycles. The number of aliphatic hydroxyl groups is 1. The molecule has 0 radical (unpaired) electrons. The van der Waals surface area contributed by atoms with E-state index in [-0.39, 0.29) is 12.5 Å². The van der Waals surface area contributed by atoms with E-state index in [0.29, 0.717) is 43.5 Å². The molecule has 0 spiro atoms. The van der Waals surface area contributed by atoms with Crippen molar-refractivity contribution in [1.82, 2.24) is 24.9 Å². The molecule has 1 atom stereocenters. The minimum atomic E-state index is -1.01. The van der Waals surface area contributed by atoms with Crippen molar-refractivity contribution in [3.05, 3.63) is 36.3 Å². The smallest absolute Gasteiger partial charge is 0.259 e. The van der Waals surface area contributed by atoms with Crippen LogP contribution in [-0.2, 0) is 6.54 Å². The number of hydrogen-bond donors (Lipinski definition) is 1. The number of rotatable bonds is 6. The van der Waals surface area contributed by atoms with Crippen molar-refractivity contribution in [1.29, 1.82) is 0 Å². The molecular formula is C17H23N5O3. The second kappa shape index (κ2) is 7.18. The number of aromatic nitrogens is 4. The Hall–Kier alpha value is -2.48. The van der Waals surface area contributed by atoms with Crippen LogP contribution in [0.5, 0.6) is 5.88 Å². The van der Waals surface area contributed by atoms with Gasteiger partial charge in [0.1, 0.15) is 11.2 Å². The third kappa shape index (κ3) is 4.14. The Morgan fingerprint density at radius 2 is 2.28 bits per heavy atom. The molecule has 1 N–H and O–H groups in total. The van der Waals surface area contributed by atoms with E-state index in [2.05, 4.69) is 15.3 Å². The Bertz CT molecular complexity index is 719. The number of pyridine rings is 1. The molecule has 25 heavy (non-hydrogen) atoms. The van der Waals surface area contributed by atoms with Crippen LogP contribution in [0.1, 0.15) is 30.6 Å². The van der Waals surface area contributed by atoms with Gasteiger partial charge >= 0.3 is 0 Å². The largest absolute Gasteiger partial charge is 0.477 e. The fourth-order valence-electron chi connectivity index (χ4n) is 2.86. The van der Waals surface area contributed by atoms with Crippen molar-refractivity contribution in [2.45, 2.75) is 32.4 Å². The number of hydrogen-bond acceptors (Lipinski definition) is 6. The highest BCUT2D eigenvalue weighted by molar-refractivity contribution is 5.96. The van der Waals surface area contributed by atoms with Gasteiger partial charge in [-0.05, 0) is 24.5 Å². The van der Waals surface area contributed by atoms with Gasteiger partial charge in [0.15, 0.2) is 0 Å². The first-order valence-corrected chi connectivity index (χ1v) is 8.40. The van der Waals surface area contributed by atoms with Gasteiger partial charge in [-0.3, -0.25) is 4.79 Å². The number of likely N-dealkylation sites (tertiary alicyclic amines) is 1. The number of nitrogens with zero attached hydrogens (tertiary/aromatic N) is 5. The topological polar surface area (TPSA) is 93.4 Å². The number of β-amino-alcohol motifs (C(OH)–C–C–N with tert-alkyl or cyclic N) is 1. The maximum absolute atomic E-state index is 12.9. The van der Waals surface area contributed by atoms with Crippen molar-refractivity contribution in [2.24, 2.45) is 5.92 Å². The van der Waals surface area contributed by atoms with E-state index < -0.39 is 5.60 Å². The average molecular weight is 345 g/mol. The SMILES string of the molecule is CC(C)COc1ncccc1C(=O)N1CCC(O)(Cn2ccnn2)C1. The highest BCUT2D eigenvalue weighted by Crippen LogP contribution is 2.26. The minimum absolute atomic E-state index is 0.179. The number of carbonyl (C=O) groups excluding carboxylic acids is 1. The van der Waals surface area contributed by atoms with Gasteiger partial charge in [0.2, 0.25) is 5.88 Å².